The average molecular weight is 569 g/mol. The van der Waals surface area contributed by atoms with Crippen LogP contribution in [0.25, 0.3) is 10.9 Å². The number of aromatic amines is 1. The molecular weight excluding hydrogens is 532 g/mol. The Labute approximate surface area is 244 Å². The first-order chi connectivity index (χ1) is 20.5. The smallest absolute Gasteiger partial charge is 0.272 e. The Morgan fingerprint density at radius 3 is 2.76 bits per heavy atom. The van der Waals surface area contributed by atoms with Crippen LogP contribution in [-0.4, -0.2) is 81.6 Å². The summed E-state index contributed by atoms with van der Waals surface area (Å²) in [6.45, 7) is 5.04. The molecule has 2 aliphatic heterocycles. The molecule has 3 amide bonds. The summed E-state index contributed by atoms with van der Waals surface area (Å²) in [4.78, 5) is 47.2. The van der Waals surface area contributed by atoms with Gasteiger partial charge in [0.25, 0.3) is 5.91 Å². The maximum Gasteiger partial charge on any atom is 0.272 e. The zero-order valence-corrected chi connectivity index (χ0v) is 23.8. The molecule has 0 radical (unpaired) electrons. The van der Waals surface area contributed by atoms with Gasteiger partial charge in [-0.25, -0.2) is 0 Å². The number of hydrogen-bond acceptors (Lipinski definition) is 5. The van der Waals surface area contributed by atoms with E-state index in [9.17, 15) is 14.4 Å². The number of nitrogens with one attached hydrogen (secondary N) is 2. The highest BCUT2D eigenvalue weighted by molar-refractivity contribution is 5.94. The van der Waals surface area contributed by atoms with Crippen molar-refractivity contribution >= 4 is 28.6 Å². The lowest BCUT2D eigenvalue weighted by atomic mass is 9.88. The molecule has 0 spiro atoms. The van der Waals surface area contributed by atoms with Crippen LogP contribution in [0.15, 0.2) is 67.0 Å². The summed E-state index contributed by atoms with van der Waals surface area (Å²) in [6.07, 6.45) is 4.44. The molecule has 4 heterocycles. The molecule has 2 aliphatic rings. The van der Waals surface area contributed by atoms with Gasteiger partial charge in [0.15, 0.2) is 0 Å². The monoisotopic (exact) mass is 568 g/mol. The van der Waals surface area contributed by atoms with Crippen molar-refractivity contribution in [3.8, 4) is 5.75 Å². The summed E-state index contributed by atoms with van der Waals surface area (Å²) >= 11 is 0. The second-order valence-electron chi connectivity index (χ2n) is 10.9. The topological polar surface area (TPSA) is 113 Å². The second kappa shape index (κ2) is 12.1. The van der Waals surface area contributed by atoms with Gasteiger partial charge in [0, 0.05) is 61.9 Å². The van der Waals surface area contributed by atoms with Crippen molar-refractivity contribution in [3.05, 3.63) is 83.8 Å². The molecule has 10 heteroatoms. The van der Waals surface area contributed by atoms with Gasteiger partial charge in [-0.2, -0.15) is 5.10 Å². The summed E-state index contributed by atoms with van der Waals surface area (Å²) in [5.41, 5.74) is 3.45. The lowest BCUT2D eigenvalue weighted by Gasteiger charge is -2.24. The number of aryl methyl sites for hydroxylation is 1. The lowest BCUT2D eigenvalue weighted by molar-refractivity contribution is -0.130. The quantitative estimate of drug-likeness (QED) is 0.393. The first kappa shape index (κ1) is 27.6. The van der Waals surface area contributed by atoms with Crippen LogP contribution in [0.3, 0.4) is 0 Å². The van der Waals surface area contributed by atoms with E-state index in [0.717, 1.165) is 22.0 Å². The summed E-state index contributed by atoms with van der Waals surface area (Å²) < 4.78 is 7.80. The third-order valence-corrected chi connectivity index (χ3v) is 8.37. The largest absolute Gasteiger partial charge is 0.492 e. The number of amides is 3. The molecule has 1 saturated heterocycles. The van der Waals surface area contributed by atoms with E-state index < -0.39 is 5.92 Å². The molecule has 0 aliphatic carbocycles. The Morgan fingerprint density at radius 1 is 1.02 bits per heavy atom. The van der Waals surface area contributed by atoms with Crippen molar-refractivity contribution in [1.82, 2.24) is 29.9 Å². The number of nitrogens with zero attached hydrogens (tertiary/aromatic N) is 4. The van der Waals surface area contributed by atoms with Gasteiger partial charge in [0.1, 0.15) is 18.1 Å². The highest BCUT2D eigenvalue weighted by atomic mass is 16.5. The van der Waals surface area contributed by atoms with E-state index in [1.54, 1.807) is 21.8 Å². The van der Waals surface area contributed by atoms with E-state index >= 15 is 0 Å². The van der Waals surface area contributed by atoms with E-state index in [-0.39, 0.29) is 30.1 Å². The van der Waals surface area contributed by atoms with Gasteiger partial charge >= 0.3 is 0 Å². The van der Waals surface area contributed by atoms with Crippen molar-refractivity contribution in [2.24, 2.45) is 5.92 Å². The number of H-pyrrole nitrogens is 1. The van der Waals surface area contributed by atoms with Crippen LogP contribution in [0.4, 0.5) is 0 Å². The minimum atomic E-state index is -0.398. The van der Waals surface area contributed by atoms with Gasteiger partial charge < -0.3 is 24.8 Å². The predicted molar refractivity (Wildman–Crippen MR) is 158 cm³/mol. The average Bonchev–Trinajstić information content (AvgIpc) is 3.76. The molecule has 1 fully saturated rings. The van der Waals surface area contributed by atoms with Crippen LogP contribution in [0.2, 0.25) is 0 Å². The number of carbonyl (C=O) groups is 3. The number of likely N-dealkylation sites (tertiary alicyclic amines) is 1. The first-order valence-electron chi connectivity index (χ1n) is 14.7. The summed E-state index contributed by atoms with van der Waals surface area (Å²) in [7, 11) is 0. The van der Waals surface area contributed by atoms with E-state index in [1.807, 2.05) is 66.6 Å². The standard InChI is InChI=1S/C32H36N6O4/c1-2-38-29(11-13-35-38)32(41)37-20-26-22-7-5-8-24(17-22)42-16-15-36(14-6-12-33-31(40)27(26)21-37)30(39)18-23-19-34-28-10-4-3-9-25(23)28/h3-5,7-11,13,17,19,26-27,34H,2,6,12,14-16,18,20-21H2,1H3,(H,33,40)/t26-,27+/m1/s1. The van der Waals surface area contributed by atoms with Gasteiger partial charge in [0.05, 0.1) is 18.9 Å². The van der Waals surface area contributed by atoms with Crippen molar-refractivity contribution < 1.29 is 19.1 Å². The number of fused-ring (bicyclic) bond motifs is 5. The molecule has 2 aromatic heterocycles. The van der Waals surface area contributed by atoms with Crippen LogP contribution >= 0.6 is 0 Å². The molecule has 10 nitrogen and oxygen atoms in total. The molecule has 2 N–H and O–H groups in total. The Morgan fingerprint density at radius 2 is 1.88 bits per heavy atom. The van der Waals surface area contributed by atoms with Gasteiger partial charge in [-0.3, -0.25) is 19.1 Å². The maximum absolute atomic E-state index is 13.5. The molecular formula is C32H36N6O4. The van der Waals surface area contributed by atoms with Crippen LogP contribution in [0, 0.1) is 5.92 Å². The second-order valence-corrected chi connectivity index (χ2v) is 10.9. The summed E-state index contributed by atoms with van der Waals surface area (Å²) in [5, 5.41) is 8.38. The third kappa shape index (κ3) is 5.61. The van der Waals surface area contributed by atoms with Crippen LogP contribution in [-0.2, 0) is 22.6 Å². The normalized spacial score (nSPS) is 19.6. The van der Waals surface area contributed by atoms with Gasteiger partial charge in [0.2, 0.25) is 11.8 Å². The van der Waals surface area contributed by atoms with Gasteiger partial charge in [-0.15, -0.1) is 0 Å². The molecule has 42 heavy (non-hydrogen) atoms. The molecule has 6 rings (SSSR count). The molecule has 218 valence electrons. The van der Waals surface area contributed by atoms with E-state index in [0.29, 0.717) is 63.7 Å². The number of rotatable bonds is 4. The van der Waals surface area contributed by atoms with Crippen molar-refractivity contribution in [2.45, 2.75) is 32.2 Å². The zero-order valence-electron chi connectivity index (χ0n) is 23.8. The van der Waals surface area contributed by atoms with Crippen molar-refractivity contribution in [1.29, 1.82) is 0 Å². The fourth-order valence-corrected chi connectivity index (χ4v) is 6.14. The Hall–Kier alpha value is -4.60. The van der Waals surface area contributed by atoms with E-state index in [4.69, 9.17) is 4.74 Å². The fraction of sp³-hybridized carbons (Fsp3) is 0.375. The molecule has 2 atom stereocenters. The zero-order chi connectivity index (χ0) is 29.1. The van der Waals surface area contributed by atoms with Crippen molar-refractivity contribution in [3.63, 3.8) is 0 Å². The minimum absolute atomic E-state index is 0.0202. The SMILES string of the molecule is CCn1nccc1C(=O)N1C[C@@H]2C(=O)NCCCN(C(=O)Cc3c[nH]c4ccccc34)CCOc3cccc(c3)[C@H]2C1. The fourth-order valence-electron chi connectivity index (χ4n) is 6.14. The van der Waals surface area contributed by atoms with E-state index in [2.05, 4.69) is 15.4 Å². The lowest BCUT2D eigenvalue weighted by Crippen LogP contribution is -2.40. The molecule has 2 aromatic carbocycles. The highest BCUT2D eigenvalue weighted by Crippen LogP contribution is 2.35. The number of hydrogen-bond donors (Lipinski definition) is 2. The molecule has 2 bridgehead atoms. The van der Waals surface area contributed by atoms with Gasteiger partial charge in [-0.05, 0) is 48.7 Å². The van der Waals surface area contributed by atoms with Crippen molar-refractivity contribution in [2.75, 3.05) is 39.3 Å². The number of carbonyl (C=O) groups excluding carboxylic acids is 3. The molecule has 0 saturated carbocycles. The van der Waals surface area contributed by atoms with E-state index in [1.165, 1.54) is 0 Å². The number of aromatic nitrogens is 3. The Bertz CT molecular complexity index is 1590. The van der Waals surface area contributed by atoms with Crippen LogP contribution < -0.4 is 10.1 Å². The summed E-state index contributed by atoms with van der Waals surface area (Å²) in [6, 6.07) is 17.4. The minimum Gasteiger partial charge on any atom is -0.492 e. The number of benzene rings is 2. The third-order valence-electron chi connectivity index (χ3n) is 8.37. The van der Waals surface area contributed by atoms with Gasteiger partial charge in [-0.1, -0.05) is 30.3 Å². The number of para-hydroxylation sites is 1. The molecule has 4 aromatic rings. The van der Waals surface area contributed by atoms with Crippen LogP contribution in [0.5, 0.6) is 5.75 Å². The summed E-state index contributed by atoms with van der Waals surface area (Å²) in [5.74, 6) is -0.0606. The highest BCUT2D eigenvalue weighted by Gasteiger charge is 2.41. The Balaban J connectivity index is 1.18. The first-order valence-corrected chi connectivity index (χ1v) is 14.7. The molecule has 0 unspecified atom stereocenters. The van der Waals surface area contributed by atoms with Crippen LogP contribution in [0.1, 0.15) is 40.9 Å². The predicted octanol–water partition coefficient (Wildman–Crippen LogP) is 3.21. The number of ether oxygens (including phenoxy) is 1. The maximum atomic E-state index is 13.5. The Kier molecular flexibility index (Phi) is 7.94.